The number of rotatable bonds is 12. The third-order valence-corrected chi connectivity index (χ3v) is 12.8. The Morgan fingerprint density at radius 1 is 0.982 bits per heavy atom. The highest BCUT2D eigenvalue weighted by Gasteiger charge is 2.42. The van der Waals surface area contributed by atoms with Crippen LogP contribution in [0.1, 0.15) is 72.6 Å². The third-order valence-electron chi connectivity index (χ3n) is 12.8. The van der Waals surface area contributed by atoms with Gasteiger partial charge in [-0.05, 0) is 94.8 Å². The van der Waals surface area contributed by atoms with E-state index in [2.05, 4.69) is 40.4 Å². The highest BCUT2D eigenvalue weighted by atomic mass is 19.1. The van der Waals surface area contributed by atoms with Gasteiger partial charge in [0.05, 0.1) is 34.2 Å². The Labute approximate surface area is 332 Å². The summed E-state index contributed by atoms with van der Waals surface area (Å²) in [6, 6.07) is 14.2. The molecule has 3 aromatic rings. The van der Waals surface area contributed by atoms with E-state index in [-0.39, 0.29) is 42.5 Å². The normalized spacial score (nSPS) is 23.4. The van der Waals surface area contributed by atoms with Gasteiger partial charge in [-0.3, -0.25) is 34.3 Å². The number of hydrogen-bond donors (Lipinski definition) is 3. The van der Waals surface area contributed by atoms with Crippen molar-refractivity contribution in [2.45, 2.75) is 76.2 Å². The second kappa shape index (κ2) is 16.8. The zero-order chi connectivity index (χ0) is 39.6. The molecule has 5 aliphatic heterocycles. The van der Waals surface area contributed by atoms with Crippen molar-refractivity contribution in [2.75, 3.05) is 74.0 Å². The van der Waals surface area contributed by atoms with Crippen molar-refractivity contribution in [3.8, 4) is 17.0 Å². The third kappa shape index (κ3) is 7.91. The maximum atomic E-state index is 15.9. The largest absolute Gasteiger partial charge is 0.507 e. The summed E-state index contributed by atoms with van der Waals surface area (Å²) in [5.41, 5.74) is 3.87. The van der Waals surface area contributed by atoms with Gasteiger partial charge in [0, 0.05) is 69.9 Å². The van der Waals surface area contributed by atoms with E-state index in [1.54, 1.807) is 25.1 Å². The van der Waals surface area contributed by atoms with Crippen LogP contribution in [0.5, 0.6) is 5.75 Å². The number of hydrogen-bond acceptors (Lipinski definition) is 12. The van der Waals surface area contributed by atoms with Gasteiger partial charge in [0.15, 0.2) is 5.82 Å². The molecule has 0 saturated carbocycles. The van der Waals surface area contributed by atoms with E-state index in [1.807, 2.05) is 30.3 Å². The van der Waals surface area contributed by atoms with Crippen molar-refractivity contribution in [2.24, 2.45) is 5.92 Å². The molecule has 3 N–H and O–H groups in total. The van der Waals surface area contributed by atoms with Crippen molar-refractivity contribution in [1.29, 1.82) is 0 Å². The summed E-state index contributed by atoms with van der Waals surface area (Å²) in [6.45, 7) is 8.64. The lowest BCUT2D eigenvalue weighted by Gasteiger charge is -2.49. The number of nitrogens with zero attached hydrogens (tertiary/aromatic N) is 7. The molecule has 5 aliphatic rings. The molecular weight excluding hydrogens is 730 g/mol. The summed E-state index contributed by atoms with van der Waals surface area (Å²) in [5.74, 6) is 0.342. The number of halogens is 1. The summed E-state index contributed by atoms with van der Waals surface area (Å²) < 4.78 is 15.9. The lowest BCUT2D eigenvalue weighted by atomic mass is 9.91. The highest BCUT2D eigenvalue weighted by Crippen LogP contribution is 2.38. The number of phenols is 1. The number of nitrogens with one attached hydrogen (secondary N) is 2. The van der Waals surface area contributed by atoms with Crippen LogP contribution in [0, 0.1) is 5.92 Å². The molecule has 0 aliphatic carbocycles. The smallest absolute Gasteiger partial charge is 0.263 e. The number of piperidine rings is 2. The molecule has 8 rings (SSSR count). The predicted molar refractivity (Wildman–Crippen MR) is 214 cm³/mol. The van der Waals surface area contributed by atoms with Crippen molar-refractivity contribution in [3.05, 3.63) is 59.7 Å². The minimum absolute atomic E-state index is 0.0368. The number of anilines is 3. The second-order valence-corrected chi connectivity index (χ2v) is 16.2. The van der Waals surface area contributed by atoms with Crippen LogP contribution in [0.4, 0.5) is 21.6 Å². The molecule has 3 saturated heterocycles. The van der Waals surface area contributed by atoms with Crippen LogP contribution in [0.25, 0.3) is 11.3 Å². The Balaban J connectivity index is 0.783. The van der Waals surface area contributed by atoms with E-state index in [0.29, 0.717) is 41.3 Å². The van der Waals surface area contributed by atoms with Gasteiger partial charge in [0.2, 0.25) is 12.3 Å². The Hall–Kier alpha value is -5.15. The zero-order valence-corrected chi connectivity index (χ0v) is 32.5. The van der Waals surface area contributed by atoms with Gasteiger partial charge in [0.25, 0.3) is 11.8 Å². The van der Waals surface area contributed by atoms with Crippen molar-refractivity contribution in [1.82, 2.24) is 30.2 Å². The number of carbonyl (C=O) groups excluding carboxylic acids is 4. The number of benzene rings is 2. The number of piperazine rings is 1. The Kier molecular flexibility index (Phi) is 11.4. The molecule has 3 fully saturated rings. The van der Waals surface area contributed by atoms with Crippen LogP contribution >= 0.6 is 0 Å². The molecule has 4 atom stereocenters. The first-order valence-corrected chi connectivity index (χ1v) is 20.5. The predicted octanol–water partition coefficient (Wildman–Crippen LogP) is 3.91. The van der Waals surface area contributed by atoms with E-state index in [0.717, 1.165) is 102 Å². The Morgan fingerprint density at radius 2 is 1.79 bits per heavy atom. The monoisotopic (exact) mass is 781 g/mol. The number of para-hydroxylation sites is 1. The number of aromatic nitrogens is 2. The number of carbonyl (C=O) groups is 4. The van der Waals surface area contributed by atoms with E-state index in [1.165, 1.54) is 4.90 Å². The van der Waals surface area contributed by atoms with Crippen LogP contribution in [0.2, 0.25) is 0 Å². The second-order valence-electron chi connectivity index (χ2n) is 16.2. The minimum atomic E-state index is -0.904. The Morgan fingerprint density at radius 3 is 2.58 bits per heavy atom. The number of imide groups is 2. The molecule has 4 unspecified atom stereocenters. The lowest BCUT2D eigenvalue weighted by Crippen LogP contribution is -2.63. The first kappa shape index (κ1) is 38.7. The molecule has 15 heteroatoms. The topological polar surface area (TPSA) is 155 Å². The molecule has 14 nitrogen and oxygen atoms in total. The van der Waals surface area contributed by atoms with Gasteiger partial charge < -0.3 is 25.1 Å². The Bertz CT molecular complexity index is 1990. The van der Waals surface area contributed by atoms with Crippen LogP contribution in [-0.4, -0.2) is 137 Å². The molecule has 1 aromatic heterocycles. The fourth-order valence-corrected chi connectivity index (χ4v) is 9.63. The number of fused-ring (bicyclic) bond motifs is 4. The van der Waals surface area contributed by atoms with E-state index in [9.17, 15) is 24.3 Å². The van der Waals surface area contributed by atoms with Crippen molar-refractivity contribution >= 4 is 41.3 Å². The number of likely N-dealkylation sites (tertiary alicyclic amines) is 1. The number of phenolic OH excluding ortho intramolecular Hbond substituents is 1. The summed E-state index contributed by atoms with van der Waals surface area (Å²) >= 11 is 0. The van der Waals surface area contributed by atoms with Crippen molar-refractivity contribution < 1.29 is 28.7 Å². The minimum Gasteiger partial charge on any atom is -0.507 e. The van der Waals surface area contributed by atoms with Gasteiger partial charge in [-0.25, -0.2) is 4.39 Å². The fourth-order valence-electron chi connectivity index (χ4n) is 9.63. The van der Waals surface area contributed by atoms with E-state index < -0.39 is 18.1 Å². The summed E-state index contributed by atoms with van der Waals surface area (Å²) in [6.07, 6.45) is 4.61. The molecule has 0 radical (unpaired) electrons. The van der Waals surface area contributed by atoms with E-state index >= 15 is 4.39 Å². The van der Waals surface area contributed by atoms with Crippen LogP contribution in [0.3, 0.4) is 0 Å². The molecule has 302 valence electrons. The van der Waals surface area contributed by atoms with Crippen molar-refractivity contribution in [3.63, 3.8) is 0 Å². The number of amides is 4. The molecular formula is C42H52FN9O5. The molecule has 0 bridgehead atoms. The maximum absolute atomic E-state index is 15.9. The maximum Gasteiger partial charge on any atom is 0.263 e. The van der Waals surface area contributed by atoms with Gasteiger partial charge in [0.1, 0.15) is 11.9 Å². The zero-order valence-electron chi connectivity index (χ0n) is 32.5. The van der Waals surface area contributed by atoms with Crippen LogP contribution in [0.15, 0.2) is 48.5 Å². The van der Waals surface area contributed by atoms with Crippen LogP contribution in [-0.2, 0) is 9.59 Å². The van der Waals surface area contributed by atoms with Crippen LogP contribution < -0.4 is 20.4 Å². The first-order chi connectivity index (χ1) is 27.7. The summed E-state index contributed by atoms with van der Waals surface area (Å²) in [7, 11) is 0. The number of alkyl halides is 1. The average molecular weight is 782 g/mol. The SMILES string of the molecule is CC(CCC(=O)NC=O)N1C(=O)c2cccc(N3CCC(CCCN4CCC(N5CCN6c7cc(-c8ccccc8O)nnc7NCC6C5)C(F)C4)CC3)c2C1=O. The quantitative estimate of drug-likeness (QED) is 0.180. The lowest BCUT2D eigenvalue weighted by molar-refractivity contribution is -0.125. The molecule has 2 aromatic carbocycles. The highest BCUT2D eigenvalue weighted by molar-refractivity contribution is 6.24. The summed E-state index contributed by atoms with van der Waals surface area (Å²) in [4.78, 5) is 59.7. The van der Waals surface area contributed by atoms with Gasteiger partial charge in [-0.1, -0.05) is 18.2 Å². The van der Waals surface area contributed by atoms with Gasteiger partial charge >= 0.3 is 0 Å². The average Bonchev–Trinajstić information content (AvgIpc) is 3.49. The standard InChI is InChI=1S/C42H52FN9O5/c1-27(11-12-38(55)45-26-53)52-41(56)31-8-4-9-35(39(31)42(52)57)49-18-13-28(14-19-49)6-5-16-48-17-15-34(32(43)25-48)50-20-21-51-29(24-50)23-44-40-36(51)22-33(46-47-40)30-7-2-3-10-37(30)54/h2-4,7-10,22,26-29,32,34,54H,5-6,11-21,23-25H2,1H3,(H,44,47)(H,45,53,55). The van der Waals surface area contributed by atoms with E-state index in [4.69, 9.17) is 0 Å². The molecule has 4 amide bonds. The molecule has 6 heterocycles. The number of aromatic hydroxyl groups is 1. The van der Waals surface area contributed by atoms with Gasteiger partial charge in [-0.2, -0.15) is 0 Å². The first-order valence-electron chi connectivity index (χ1n) is 20.5. The fraction of sp³-hybridized carbons (Fsp3) is 0.524. The molecule has 0 spiro atoms. The van der Waals surface area contributed by atoms with Gasteiger partial charge in [-0.15, -0.1) is 10.2 Å². The molecule has 57 heavy (non-hydrogen) atoms. The summed E-state index contributed by atoms with van der Waals surface area (Å²) in [5, 5.41) is 24.7.